The Bertz CT molecular complexity index is 449. The summed E-state index contributed by atoms with van der Waals surface area (Å²) < 4.78 is 10.5. The smallest absolute Gasteiger partial charge is 0.415 e. The second-order valence-electron chi connectivity index (χ2n) is 4.22. The maximum Gasteiger partial charge on any atom is 0.415 e. The molecule has 1 N–H and O–H groups in total. The first-order valence-electron chi connectivity index (χ1n) is 5.64. The zero-order valence-corrected chi connectivity index (χ0v) is 9.55. The Morgan fingerprint density at radius 2 is 2.35 bits per heavy atom. The molecule has 0 radical (unpaired) electrons. The highest BCUT2D eigenvalue weighted by atomic mass is 16.6. The van der Waals surface area contributed by atoms with E-state index in [1.807, 2.05) is 24.3 Å². The molecule has 2 saturated heterocycles. The summed E-state index contributed by atoms with van der Waals surface area (Å²) in [7, 11) is 1.61. The van der Waals surface area contributed by atoms with Gasteiger partial charge in [0.2, 0.25) is 0 Å². The van der Waals surface area contributed by atoms with Crippen molar-refractivity contribution in [2.75, 3.05) is 25.1 Å². The molecule has 2 aliphatic heterocycles. The van der Waals surface area contributed by atoms with Gasteiger partial charge >= 0.3 is 6.09 Å². The van der Waals surface area contributed by atoms with Gasteiger partial charge in [-0.1, -0.05) is 6.07 Å². The minimum absolute atomic E-state index is 0.0336. The topological polar surface area (TPSA) is 50.8 Å². The standard InChI is InChI=1S/C12H14N2O3/c1-16-9-4-2-3-8(5-9)14-10-6-13-7-11(10)17-12(14)15/h2-5,10-11,13H,6-7H2,1H3. The van der Waals surface area contributed by atoms with Crippen LogP contribution in [0, 0.1) is 0 Å². The summed E-state index contributed by atoms with van der Waals surface area (Å²) in [5.41, 5.74) is 0.825. The number of benzene rings is 1. The molecule has 5 heteroatoms. The zero-order valence-electron chi connectivity index (χ0n) is 9.55. The molecular weight excluding hydrogens is 220 g/mol. The number of hydrogen-bond donors (Lipinski definition) is 1. The van der Waals surface area contributed by atoms with Crippen molar-refractivity contribution in [3.05, 3.63) is 24.3 Å². The molecule has 2 fully saturated rings. The Hall–Kier alpha value is -1.75. The van der Waals surface area contributed by atoms with Gasteiger partial charge in [0, 0.05) is 19.2 Å². The molecule has 0 aromatic heterocycles. The lowest BCUT2D eigenvalue weighted by Gasteiger charge is -2.20. The van der Waals surface area contributed by atoms with Crippen molar-refractivity contribution in [3.8, 4) is 5.75 Å². The maximum absolute atomic E-state index is 11.8. The Balaban J connectivity index is 1.94. The van der Waals surface area contributed by atoms with E-state index in [1.54, 1.807) is 12.0 Å². The lowest BCUT2D eigenvalue weighted by Crippen LogP contribution is -2.37. The summed E-state index contributed by atoms with van der Waals surface area (Å²) in [5, 5.41) is 3.22. The van der Waals surface area contributed by atoms with E-state index < -0.39 is 0 Å². The van der Waals surface area contributed by atoms with Gasteiger partial charge in [-0.25, -0.2) is 4.79 Å². The van der Waals surface area contributed by atoms with E-state index in [9.17, 15) is 4.79 Å². The van der Waals surface area contributed by atoms with Gasteiger partial charge in [0.25, 0.3) is 0 Å². The van der Waals surface area contributed by atoms with Gasteiger partial charge in [-0.05, 0) is 12.1 Å². The number of ether oxygens (including phenoxy) is 2. The van der Waals surface area contributed by atoms with Crippen LogP contribution in [0.3, 0.4) is 0 Å². The summed E-state index contributed by atoms with van der Waals surface area (Å²) >= 11 is 0. The third-order valence-electron chi connectivity index (χ3n) is 3.24. The maximum atomic E-state index is 11.8. The van der Waals surface area contributed by atoms with Crippen LogP contribution in [-0.2, 0) is 4.74 Å². The number of carbonyl (C=O) groups is 1. The van der Waals surface area contributed by atoms with Crippen LogP contribution in [0.4, 0.5) is 10.5 Å². The zero-order chi connectivity index (χ0) is 11.8. The number of amides is 1. The predicted molar refractivity (Wildman–Crippen MR) is 62.4 cm³/mol. The third-order valence-corrected chi connectivity index (χ3v) is 3.24. The largest absolute Gasteiger partial charge is 0.497 e. The highest BCUT2D eigenvalue weighted by Crippen LogP contribution is 2.30. The molecule has 3 rings (SSSR count). The Morgan fingerprint density at radius 3 is 3.18 bits per heavy atom. The summed E-state index contributed by atoms with van der Waals surface area (Å²) in [6.45, 7) is 1.50. The summed E-state index contributed by atoms with van der Waals surface area (Å²) in [4.78, 5) is 13.5. The number of nitrogens with one attached hydrogen (secondary N) is 1. The first-order valence-corrected chi connectivity index (χ1v) is 5.64. The average Bonchev–Trinajstić information content (AvgIpc) is 2.88. The van der Waals surface area contributed by atoms with Gasteiger partial charge in [-0.2, -0.15) is 0 Å². The highest BCUT2D eigenvalue weighted by Gasteiger charge is 2.45. The molecule has 0 aliphatic carbocycles. The van der Waals surface area contributed by atoms with Crippen molar-refractivity contribution < 1.29 is 14.3 Å². The minimum atomic E-state index is -0.269. The van der Waals surface area contributed by atoms with E-state index in [-0.39, 0.29) is 18.2 Å². The van der Waals surface area contributed by atoms with Crippen LogP contribution in [-0.4, -0.2) is 38.4 Å². The van der Waals surface area contributed by atoms with E-state index in [1.165, 1.54) is 0 Å². The minimum Gasteiger partial charge on any atom is -0.497 e. The molecule has 1 aromatic carbocycles. The molecular formula is C12H14N2O3. The van der Waals surface area contributed by atoms with Crippen LogP contribution < -0.4 is 15.0 Å². The van der Waals surface area contributed by atoms with Crippen LogP contribution in [0.2, 0.25) is 0 Å². The third kappa shape index (κ3) is 1.63. The fraction of sp³-hybridized carbons (Fsp3) is 0.417. The van der Waals surface area contributed by atoms with E-state index in [4.69, 9.17) is 9.47 Å². The first-order chi connectivity index (χ1) is 8.29. The quantitative estimate of drug-likeness (QED) is 0.829. The van der Waals surface area contributed by atoms with Crippen molar-refractivity contribution in [2.24, 2.45) is 0 Å². The summed E-state index contributed by atoms with van der Waals surface area (Å²) in [6.07, 6.45) is -0.302. The van der Waals surface area contributed by atoms with Gasteiger partial charge < -0.3 is 14.8 Å². The van der Waals surface area contributed by atoms with Crippen LogP contribution in [0.5, 0.6) is 5.75 Å². The predicted octanol–water partition coefficient (Wildman–Crippen LogP) is 0.992. The van der Waals surface area contributed by atoms with Crippen LogP contribution >= 0.6 is 0 Å². The average molecular weight is 234 g/mol. The molecule has 2 aliphatic rings. The van der Waals surface area contributed by atoms with Crippen molar-refractivity contribution in [1.82, 2.24) is 5.32 Å². The second kappa shape index (κ2) is 3.92. The molecule has 0 spiro atoms. The molecule has 2 heterocycles. The van der Waals surface area contributed by atoms with Gasteiger partial charge in [-0.3, -0.25) is 4.90 Å². The number of hydrogen-bond acceptors (Lipinski definition) is 4. The van der Waals surface area contributed by atoms with Gasteiger partial charge in [0.1, 0.15) is 11.9 Å². The second-order valence-corrected chi connectivity index (χ2v) is 4.22. The molecule has 2 unspecified atom stereocenters. The molecule has 1 aromatic rings. The molecule has 0 bridgehead atoms. The fourth-order valence-electron chi connectivity index (χ4n) is 2.40. The van der Waals surface area contributed by atoms with Gasteiger partial charge in [-0.15, -0.1) is 0 Å². The lowest BCUT2D eigenvalue weighted by molar-refractivity contribution is 0.143. The number of methoxy groups -OCH3 is 1. The Morgan fingerprint density at radius 1 is 1.47 bits per heavy atom. The van der Waals surface area contributed by atoms with Crippen LogP contribution in [0.15, 0.2) is 24.3 Å². The van der Waals surface area contributed by atoms with Crippen LogP contribution in [0.1, 0.15) is 0 Å². The number of carbonyl (C=O) groups excluding carboxylic acids is 1. The number of fused-ring (bicyclic) bond motifs is 1. The van der Waals surface area contributed by atoms with Gasteiger partial charge in [0.05, 0.1) is 18.8 Å². The van der Waals surface area contributed by atoms with Crippen molar-refractivity contribution in [3.63, 3.8) is 0 Å². The fourth-order valence-corrected chi connectivity index (χ4v) is 2.40. The van der Waals surface area contributed by atoms with E-state index in [2.05, 4.69) is 5.32 Å². The van der Waals surface area contributed by atoms with E-state index >= 15 is 0 Å². The molecule has 90 valence electrons. The number of rotatable bonds is 2. The van der Waals surface area contributed by atoms with Crippen molar-refractivity contribution >= 4 is 11.8 Å². The summed E-state index contributed by atoms with van der Waals surface area (Å²) in [6, 6.07) is 7.56. The van der Waals surface area contributed by atoms with E-state index in [0.29, 0.717) is 0 Å². The normalized spacial score (nSPS) is 26.9. The lowest BCUT2D eigenvalue weighted by atomic mass is 10.2. The molecule has 5 nitrogen and oxygen atoms in total. The van der Waals surface area contributed by atoms with Gasteiger partial charge in [0.15, 0.2) is 0 Å². The van der Waals surface area contributed by atoms with E-state index in [0.717, 1.165) is 24.5 Å². The monoisotopic (exact) mass is 234 g/mol. The highest BCUT2D eigenvalue weighted by molar-refractivity contribution is 5.91. The van der Waals surface area contributed by atoms with Crippen LogP contribution in [0.25, 0.3) is 0 Å². The number of nitrogens with zero attached hydrogens (tertiary/aromatic N) is 1. The number of anilines is 1. The molecule has 0 saturated carbocycles. The SMILES string of the molecule is COc1cccc(N2C(=O)OC3CNCC32)c1. The first kappa shape index (κ1) is 10.4. The summed E-state index contributed by atoms with van der Waals surface area (Å²) in [5.74, 6) is 0.740. The Labute approximate surface area is 99.3 Å². The van der Waals surface area contributed by atoms with Crippen molar-refractivity contribution in [1.29, 1.82) is 0 Å². The molecule has 17 heavy (non-hydrogen) atoms. The van der Waals surface area contributed by atoms with Crippen molar-refractivity contribution in [2.45, 2.75) is 12.1 Å². The Kier molecular flexibility index (Phi) is 2.40. The molecule has 2 atom stereocenters. The molecule has 1 amide bonds.